The molecule has 0 aromatic heterocycles. The second kappa shape index (κ2) is 7.06. The van der Waals surface area contributed by atoms with Crippen molar-refractivity contribution in [3.05, 3.63) is 24.3 Å². The van der Waals surface area contributed by atoms with Crippen LogP contribution in [0.15, 0.2) is 24.3 Å². The van der Waals surface area contributed by atoms with E-state index in [9.17, 15) is 19.5 Å². The SMILES string of the molecule is CC(=O)Nc1ccc(NC(=O)[C@@H]2CCCC[C@@H]2C(=O)O)cc1. The van der Waals surface area contributed by atoms with Crippen molar-refractivity contribution in [2.75, 3.05) is 10.6 Å². The predicted octanol–water partition coefficient (Wildman–Crippen LogP) is 2.47. The van der Waals surface area contributed by atoms with E-state index < -0.39 is 17.8 Å². The van der Waals surface area contributed by atoms with Gasteiger partial charge in [-0.2, -0.15) is 0 Å². The number of anilines is 2. The van der Waals surface area contributed by atoms with Crippen LogP contribution < -0.4 is 10.6 Å². The van der Waals surface area contributed by atoms with Gasteiger partial charge in [0.2, 0.25) is 11.8 Å². The summed E-state index contributed by atoms with van der Waals surface area (Å²) in [6, 6.07) is 6.74. The van der Waals surface area contributed by atoms with Crippen LogP contribution in [0.1, 0.15) is 32.6 Å². The summed E-state index contributed by atoms with van der Waals surface area (Å²) in [5.74, 6) is -2.41. The Hall–Kier alpha value is -2.37. The Kier molecular flexibility index (Phi) is 5.14. The summed E-state index contributed by atoms with van der Waals surface area (Å²) in [4.78, 5) is 34.5. The van der Waals surface area contributed by atoms with Crippen LogP contribution in [0.4, 0.5) is 11.4 Å². The first-order chi connectivity index (χ1) is 10.5. The largest absolute Gasteiger partial charge is 0.481 e. The number of hydrogen-bond donors (Lipinski definition) is 3. The van der Waals surface area contributed by atoms with Gasteiger partial charge in [0.15, 0.2) is 0 Å². The zero-order valence-corrected chi connectivity index (χ0v) is 12.5. The van der Waals surface area contributed by atoms with Crippen LogP contribution in [-0.4, -0.2) is 22.9 Å². The van der Waals surface area contributed by atoms with Crippen molar-refractivity contribution in [3.8, 4) is 0 Å². The van der Waals surface area contributed by atoms with Crippen LogP contribution in [-0.2, 0) is 14.4 Å². The van der Waals surface area contributed by atoms with Crippen molar-refractivity contribution >= 4 is 29.2 Å². The topological polar surface area (TPSA) is 95.5 Å². The molecule has 0 saturated heterocycles. The molecular weight excluding hydrogens is 284 g/mol. The number of amides is 2. The highest BCUT2D eigenvalue weighted by atomic mass is 16.4. The zero-order chi connectivity index (χ0) is 16.1. The third-order valence-corrected chi connectivity index (χ3v) is 3.89. The summed E-state index contributed by atoms with van der Waals surface area (Å²) in [5, 5.41) is 14.6. The van der Waals surface area contributed by atoms with E-state index in [0.29, 0.717) is 24.2 Å². The Morgan fingerprint density at radius 1 is 0.955 bits per heavy atom. The summed E-state index contributed by atoms with van der Waals surface area (Å²) >= 11 is 0. The van der Waals surface area contributed by atoms with Crippen molar-refractivity contribution in [2.45, 2.75) is 32.6 Å². The van der Waals surface area contributed by atoms with Gasteiger partial charge in [-0.15, -0.1) is 0 Å². The number of carbonyl (C=O) groups excluding carboxylic acids is 2. The van der Waals surface area contributed by atoms with Gasteiger partial charge in [0.05, 0.1) is 11.8 Å². The number of aliphatic carboxylic acids is 1. The van der Waals surface area contributed by atoms with E-state index in [2.05, 4.69) is 10.6 Å². The van der Waals surface area contributed by atoms with Gasteiger partial charge in [0.1, 0.15) is 0 Å². The maximum absolute atomic E-state index is 12.3. The highest BCUT2D eigenvalue weighted by Gasteiger charge is 2.35. The molecule has 0 spiro atoms. The molecule has 2 rings (SSSR count). The van der Waals surface area contributed by atoms with Crippen LogP contribution in [0.3, 0.4) is 0 Å². The fourth-order valence-corrected chi connectivity index (χ4v) is 2.82. The minimum atomic E-state index is -0.902. The molecule has 2 amide bonds. The Morgan fingerprint density at radius 3 is 1.95 bits per heavy atom. The Balaban J connectivity index is 2.01. The molecule has 0 heterocycles. The normalized spacial score (nSPS) is 21.0. The number of hydrogen-bond acceptors (Lipinski definition) is 3. The minimum Gasteiger partial charge on any atom is -0.481 e. The lowest BCUT2D eigenvalue weighted by Crippen LogP contribution is -2.36. The molecule has 2 atom stereocenters. The van der Waals surface area contributed by atoms with E-state index in [0.717, 1.165) is 12.8 Å². The molecule has 1 saturated carbocycles. The van der Waals surface area contributed by atoms with Gasteiger partial charge >= 0.3 is 5.97 Å². The second-order valence-corrected chi connectivity index (χ2v) is 5.58. The van der Waals surface area contributed by atoms with Gasteiger partial charge in [-0.25, -0.2) is 0 Å². The lowest BCUT2D eigenvalue weighted by atomic mass is 9.78. The van der Waals surface area contributed by atoms with E-state index in [1.807, 2.05) is 0 Å². The van der Waals surface area contributed by atoms with E-state index in [-0.39, 0.29) is 11.8 Å². The number of nitrogens with one attached hydrogen (secondary N) is 2. The number of carboxylic acids is 1. The molecule has 0 radical (unpaired) electrons. The van der Waals surface area contributed by atoms with E-state index >= 15 is 0 Å². The number of rotatable bonds is 4. The smallest absolute Gasteiger partial charge is 0.307 e. The molecule has 1 aliphatic carbocycles. The van der Waals surface area contributed by atoms with Gasteiger partial charge in [0, 0.05) is 18.3 Å². The van der Waals surface area contributed by atoms with E-state index in [1.54, 1.807) is 24.3 Å². The van der Waals surface area contributed by atoms with Crippen molar-refractivity contribution in [1.29, 1.82) is 0 Å². The predicted molar refractivity (Wildman–Crippen MR) is 82.5 cm³/mol. The molecule has 22 heavy (non-hydrogen) atoms. The van der Waals surface area contributed by atoms with Crippen molar-refractivity contribution < 1.29 is 19.5 Å². The maximum atomic E-state index is 12.3. The fraction of sp³-hybridized carbons (Fsp3) is 0.438. The molecule has 6 heteroatoms. The Labute approximate surface area is 128 Å². The van der Waals surface area contributed by atoms with Crippen LogP contribution in [0.5, 0.6) is 0 Å². The molecule has 118 valence electrons. The summed E-state index contributed by atoms with van der Waals surface area (Å²) < 4.78 is 0. The standard InChI is InChI=1S/C16H20N2O4/c1-10(19)17-11-6-8-12(9-7-11)18-15(20)13-4-2-3-5-14(13)16(21)22/h6-9,13-14H,2-5H2,1H3,(H,17,19)(H,18,20)(H,21,22)/t13-,14+/m1/s1. The number of benzene rings is 1. The fourth-order valence-electron chi connectivity index (χ4n) is 2.82. The molecule has 1 aromatic rings. The first-order valence-electron chi connectivity index (χ1n) is 7.38. The molecule has 3 N–H and O–H groups in total. The van der Waals surface area contributed by atoms with Crippen molar-refractivity contribution in [2.24, 2.45) is 11.8 Å². The van der Waals surface area contributed by atoms with Gasteiger partial charge in [0.25, 0.3) is 0 Å². The highest BCUT2D eigenvalue weighted by molar-refractivity contribution is 5.95. The average molecular weight is 304 g/mol. The molecule has 6 nitrogen and oxygen atoms in total. The zero-order valence-electron chi connectivity index (χ0n) is 12.5. The van der Waals surface area contributed by atoms with Crippen LogP contribution in [0.25, 0.3) is 0 Å². The van der Waals surface area contributed by atoms with Crippen molar-refractivity contribution in [3.63, 3.8) is 0 Å². The number of carbonyl (C=O) groups is 3. The first-order valence-corrected chi connectivity index (χ1v) is 7.38. The summed E-state index contributed by atoms with van der Waals surface area (Å²) in [6.45, 7) is 1.42. The molecule has 0 aliphatic heterocycles. The van der Waals surface area contributed by atoms with E-state index in [1.165, 1.54) is 6.92 Å². The molecular formula is C16H20N2O4. The Morgan fingerprint density at radius 2 is 1.45 bits per heavy atom. The molecule has 1 aromatic carbocycles. The Bertz CT molecular complexity index is 568. The van der Waals surface area contributed by atoms with Gasteiger partial charge in [-0.3, -0.25) is 14.4 Å². The summed E-state index contributed by atoms with van der Waals surface area (Å²) in [5.41, 5.74) is 1.24. The van der Waals surface area contributed by atoms with Gasteiger partial charge < -0.3 is 15.7 Å². The first kappa shape index (κ1) is 16.0. The molecule has 0 unspecified atom stereocenters. The summed E-state index contributed by atoms with van der Waals surface area (Å²) in [7, 11) is 0. The third kappa shape index (κ3) is 4.07. The number of carboxylic acid groups (broad SMARTS) is 1. The van der Waals surface area contributed by atoms with Gasteiger partial charge in [-0.1, -0.05) is 12.8 Å². The monoisotopic (exact) mass is 304 g/mol. The van der Waals surface area contributed by atoms with Crippen LogP contribution in [0, 0.1) is 11.8 Å². The maximum Gasteiger partial charge on any atom is 0.307 e. The van der Waals surface area contributed by atoms with Crippen LogP contribution in [0.2, 0.25) is 0 Å². The molecule has 1 fully saturated rings. The van der Waals surface area contributed by atoms with E-state index in [4.69, 9.17) is 0 Å². The lowest BCUT2D eigenvalue weighted by molar-refractivity contribution is -0.147. The highest BCUT2D eigenvalue weighted by Crippen LogP contribution is 2.31. The molecule has 0 bridgehead atoms. The lowest BCUT2D eigenvalue weighted by Gasteiger charge is -2.27. The summed E-state index contributed by atoms with van der Waals surface area (Å²) in [6.07, 6.45) is 2.89. The minimum absolute atomic E-state index is 0.164. The third-order valence-electron chi connectivity index (χ3n) is 3.89. The quantitative estimate of drug-likeness (QED) is 0.796. The molecule has 1 aliphatic rings. The van der Waals surface area contributed by atoms with Gasteiger partial charge in [-0.05, 0) is 37.1 Å². The average Bonchev–Trinajstić information content (AvgIpc) is 2.48. The second-order valence-electron chi connectivity index (χ2n) is 5.58. The van der Waals surface area contributed by atoms with Crippen molar-refractivity contribution in [1.82, 2.24) is 0 Å². The van der Waals surface area contributed by atoms with Crippen LogP contribution >= 0.6 is 0 Å².